The molecule has 0 bridgehead atoms. The van der Waals surface area contributed by atoms with Gasteiger partial charge in [-0.1, -0.05) is 23.8 Å². The Hall–Kier alpha value is -3.25. The number of aryl methyl sites for hydroxylation is 2. The monoisotopic (exact) mass is 388 g/mol. The summed E-state index contributed by atoms with van der Waals surface area (Å²) in [6, 6.07) is 14.0. The first-order valence-corrected chi connectivity index (χ1v) is 9.84. The van der Waals surface area contributed by atoms with Crippen LogP contribution in [-0.4, -0.2) is 15.9 Å². The van der Waals surface area contributed by atoms with Gasteiger partial charge in [-0.25, -0.2) is 9.97 Å². The van der Waals surface area contributed by atoms with Crippen molar-refractivity contribution in [3.8, 4) is 11.1 Å². The second kappa shape index (κ2) is 7.40. The summed E-state index contributed by atoms with van der Waals surface area (Å²) in [6.45, 7) is 5.72. The molecular formula is C22H20N4OS. The molecule has 4 rings (SSSR count). The molecule has 0 saturated heterocycles. The predicted molar refractivity (Wildman–Crippen MR) is 116 cm³/mol. The number of amides is 1. The van der Waals surface area contributed by atoms with Gasteiger partial charge in [0.15, 0.2) is 0 Å². The molecule has 0 fully saturated rings. The van der Waals surface area contributed by atoms with Crippen LogP contribution in [0.25, 0.3) is 21.3 Å². The Kier molecular flexibility index (Phi) is 4.79. The van der Waals surface area contributed by atoms with Crippen LogP contribution < -0.4 is 10.6 Å². The van der Waals surface area contributed by atoms with E-state index in [1.807, 2.05) is 24.3 Å². The first kappa shape index (κ1) is 18.1. The highest BCUT2D eigenvalue weighted by atomic mass is 32.1. The SMILES string of the molecule is CC(=O)Nc1ccc(Nc2ncnc3scc(-c4ccc(C)cc4C)c23)cc1. The molecule has 2 aromatic carbocycles. The number of benzene rings is 2. The molecule has 4 aromatic rings. The van der Waals surface area contributed by atoms with Crippen molar-refractivity contribution < 1.29 is 4.79 Å². The Bertz CT molecular complexity index is 1170. The van der Waals surface area contributed by atoms with Gasteiger partial charge < -0.3 is 10.6 Å². The molecule has 6 heteroatoms. The Balaban J connectivity index is 1.74. The van der Waals surface area contributed by atoms with Crippen LogP contribution in [-0.2, 0) is 4.79 Å². The summed E-state index contributed by atoms with van der Waals surface area (Å²) in [5, 5.41) is 9.33. The summed E-state index contributed by atoms with van der Waals surface area (Å²) in [5.41, 5.74) is 6.46. The van der Waals surface area contributed by atoms with Gasteiger partial charge in [0.2, 0.25) is 5.91 Å². The fourth-order valence-electron chi connectivity index (χ4n) is 3.26. The Morgan fingerprint density at radius 3 is 2.43 bits per heavy atom. The molecule has 0 spiro atoms. The van der Waals surface area contributed by atoms with Gasteiger partial charge in [-0.2, -0.15) is 0 Å². The maximum absolute atomic E-state index is 11.2. The maximum atomic E-state index is 11.2. The van der Waals surface area contributed by atoms with E-state index in [0.29, 0.717) is 0 Å². The highest BCUT2D eigenvalue weighted by Gasteiger charge is 2.15. The number of nitrogens with zero attached hydrogens (tertiary/aromatic N) is 2. The number of carbonyl (C=O) groups excluding carboxylic acids is 1. The number of carbonyl (C=O) groups is 1. The first-order valence-electron chi connectivity index (χ1n) is 8.96. The number of hydrogen-bond acceptors (Lipinski definition) is 5. The van der Waals surface area contributed by atoms with Crippen molar-refractivity contribution in [1.82, 2.24) is 9.97 Å². The molecule has 140 valence electrons. The molecule has 0 unspecified atom stereocenters. The predicted octanol–water partition coefficient (Wildman–Crippen LogP) is 5.68. The summed E-state index contributed by atoms with van der Waals surface area (Å²) in [6.07, 6.45) is 1.58. The average Bonchev–Trinajstić information content (AvgIpc) is 3.08. The van der Waals surface area contributed by atoms with Crippen LogP contribution in [0.1, 0.15) is 18.1 Å². The zero-order chi connectivity index (χ0) is 19.7. The largest absolute Gasteiger partial charge is 0.340 e. The van der Waals surface area contributed by atoms with Crippen LogP contribution in [0.15, 0.2) is 54.2 Å². The third-order valence-electron chi connectivity index (χ3n) is 4.51. The Morgan fingerprint density at radius 2 is 1.71 bits per heavy atom. The Labute approximate surface area is 167 Å². The van der Waals surface area contributed by atoms with E-state index >= 15 is 0 Å². The second-order valence-electron chi connectivity index (χ2n) is 6.75. The van der Waals surface area contributed by atoms with Gasteiger partial charge >= 0.3 is 0 Å². The molecular weight excluding hydrogens is 368 g/mol. The number of rotatable bonds is 4. The molecule has 0 aliphatic heterocycles. The maximum Gasteiger partial charge on any atom is 0.221 e. The lowest BCUT2D eigenvalue weighted by Gasteiger charge is -2.11. The molecule has 0 aliphatic rings. The minimum Gasteiger partial charge on any atom is -0.340 e. The van der Waals surface area contributed by atoms with E-state index in [9.17, 15) is 4.79 Å². The van der Waals surface area contributed by atoms with Gasteiger partial charge in [0.05, 0.1) is 5.39 Å². The van der Waals surface area contributed by atoms with Gasteiger partial charge in [-0.05, 0) is 49.2 Å². The average molecular weight is 388 g/mol. The number of nitrogens with one attached hydrogen (secondary N) is 2. The standard InChI is InChI=1S/C22H20N4OS/c1-13-4-9-18(14(2)10-13)19-11-28-22-20(19)21(23-12-24-22)26-17-7-5-16(6-8-17)25-15(3)27/h4-12H,1-3H3,(H,25,27)(H,23,24,26). The molecule has 2 aromatic heterocycles. The summed E-state index contributed by atoms with van der Waals surface area (Å²) in [5.74, 6) is 0.683. The molecule has 0 saturated carbocycles. The smallest absolute Gasteiger partial charge is 0.221 e. The van der Waals surface area contributed by atoms with Gasteiger partial charge in [0, 0.05) is 29.2 Å². The molecule has 2 heterocycles. The van der Waals surface area contributed by atoms with Crippen LogP contribution in [0.4, 0.5) is 17.2 Å². The van der Waals surface area contributed by atoms with E-state index in [0.717, 1.165) is 33.0 Å². The molecule has 5 nitrogen and oxygen atoms in total. The lowest BCUT2D eigenvalue weighted by molar-refractivity contribution is -0.114. The summed E-state index contributed by atoms with van der Waals surface area (Å²) in [7, 11) is 0. The number of anilines is 3. The molecule has 0 atom stereocenters. The topological polar surface area (TPSA) is 66.9 Å². The molecule has 0 radical (unpaired) electrons. The van der Waals surface area contributed by atoms with E-state index in [1.165, 1.54) is 23.6 Å². The minimum atomic E-state index is -0.0883. The van der Waals surface area contributed by atoms with E-state index in [2.05, 4.69) is 58.0 Å². The van der Waals surface area contributed by atoms with Gasteiger partial charge in [0.1, 0.15) is 17.0 Å². The van der Waals surface area contributed by atoms with E-state index in [-0.39, 0.29) is 5.91 Å². The third-order valence-corrected chi connectivity index (χ3v) is 5.40. The van der Waals surface area contributed by atoms with Crippen LogP contribution in [0.3, 0.4) is 0 Å². The molecule has 2 N–H and O–H groups in total. The normalized spacial score (nSPS) is 10.8. The van der Waals surface area contributed by atoms with Gasteiger partial charge in [-0.3, -0.25) is 4.79 Å². The lowest BCUT2D eigenvalue weighted by atomic mass is 9.99. The quantitative estimate of drug-likeness (QED) is 0.472. The molecule has 0 aliphatic carbocycles. The number of hydrogen-bond donors (Lipinski definition) is 2. The van der Waals surface area contributed by atoms with E-state index < -0.39 is 0 Å². The zero-order valence-corrected chi connectivity index (χ0v) is 16.7. The number of fused-ring (bicyclic) bond motifs is 1. The van der Waals surface area contributed by atoms with Crippen molar-refractivity contribution in [3.63, 3.8) is 0 Å². The lowest BCUT2D eigenvalue weighted by Crippen LogP contribution is -2.05. The third kappa shape index (κ3) is 3.59. The summed E-state index contributed by atoms with van der Waals surface area (Å²) in [4.78, 5) is 21.1. The van der Waals surface area contributed by atoms with Crippen molar-refractivity contribution in [2.75, 3.05) is 10.6 Å². The Morgan fingerprint density at radius 1 is 0.964 bits per heavy atom. The van der Waals surface area contributed by atoms with Crippen LogP contribution in [0.5, 0.6) is 0 Å². The van der Waals surface area contributed by atoms with Crippen LogP contribution in [0, 0.1) is 13.8 Å². The van der Waals surface area contributed by atoms with Crippen LogP contribution >= 0.6 is 11.3 Å². The van der Waals surface area contributed by atoms with Crippen molar-refractivity contribution in [1.29, 1.82) is 0 Å². The van der Waals surface area contributed by atoms with E-state index in [1.54, 1.807) is 17.7 Å². The number of aromatic nitrogens is 2. The van der Waals surface area contributed by atoms with Gasteiger partial charge in [-0.15, -0.1) is 11.3 Å². The van der Waals surface area contributed by atoms with Crippen molar-refractivity contribution in [3.05, 3.63) is 65.3 Å². The zero-order valence-electron chi connectivity index (χ0n) is 15.9. The van der Waals surface area contributed by atoms with Crippen LogP contribution in [0.2, 0.25) is 0 Å². The fourth-order valence-corrected chi connectivity index (χ4v) is 4.17. The first-order chi connectivity index (χ1) is 13.5. The molecule has 28 heavy (non-hydrogen) atoms. The molecule has 1 amide bonds. The van der Waals surface area contributed by atoms with Crippen molar-refractivity contribution >= 4 is 44.7 Å². The number of thiophene rings is 1. The highest BCUT2D eigenvalue weighted by Crippen LogP contribution is 2.38. The van der Waals surface area contributed by atoms with Gasteiger partial charge in [0.25, 0.3) is 0 Å². The summed E-state index contributed by atoms with van der Waals surface area (Å²) >= 11 is 1.62. The van der Waals surface area contributed by atoms with E-state index in [4.69, 9.17) is 0 Å². The second-order valence-corrected chi connectivity index (χ2v) is 7.61. The summed E-state index contributed by atoms with van der Waals surface area (Å²) < 4.78 is 0. The minimum absolute atomic E-state index is 0.0883. The highest BCUT2D eigenvalue weighted by molar-refractivity contribution is 7.17. The fraction of sp³-hybridized carbons (Fsp3) is 0.136. The van der Waals surface area contributed by atoms with Crippen molar-refractivity contribution in [2.45, 2.75) is 20.8 Å². The van der Waals surface area contributed by atoms with Crippen molar-refractivity contribution in [2.24, 2.45) is 0 Å².